The lowest BCUT2D eigenvalue weighted by Gasteiger charge is -2.19. The summed E-state index contributed by atoms with van der Waals surface area (Å²) in [5.41, 5.74) is 3.59. The van der Waals surface area contributed by atoms with Gasteiger partial charge in [-0.25, -0.2) is 4.98 Å². The molecular weight excluding hydrogens is 314 g/mol. The van der Waals surface area contributed by atoms with E-state index in [1.165, 1.54) is 11.1 Å². The third kappa shape index (κ3) is 3.52. The molecule has 1 aromatic heterocycles. The van der Waals surface area contributed by atoms with Crippen molar-refractivity contribution in [1.29, 1.82) is 0 Å². The van der Waals surface area contributed by atoms with E-state index >= 15 is 0 Å². The lowest BCUT2D eigenvalue weighted by atomic mass is 10.2. The van der Waals surface area contributed by atoms with Crippen molar-refractivity contribution >= 4 is 11.0 Å². The molecular formula is C20H23N3O2. The number of aliphatic hydroxyl groups is 1. The zero-order chi connectivity index (χ0) is 17.1. The first-order valence-electron chi connectivity index (χ1n) is 8.82. The molecule has 5 heteroatoms. The highest BCUT2D eigenvalue weighted by Crippen LogP contribution is 2.22. The van der Waals surface area contributed by atoms with Crippen LogP contribution in [0.25, 0.3) is 11.0 Å². The molecule has 0 radical (unpaired) electrons. The van der Waals surface area contributed by atoms with Crippen LogP contribution in [0.5, 0.6) is 5.75 Å². The molecule has 1 aliphatic heterocycles. The van der Waals surface area contributed by atoms with Gasteiger partial charge in [0.25, 0.3) is 0 Å². The van der Waals surface area contributed by atoms with E-state index in [4.69, 9.17) is 14.8 Å². The van der Waals surface area contributed by atoms with Crippen LogP contribution in [0.2, 0.25) is 0 Å². The van der Waals surface area contributed by atoms with Gasteiger partial charge in [0.2, 0.25) is 0 Å². The third-order valence-electron chi connectivity index (χ3n) is 4.64. The second-order valence-corrected chi connectivity index (χ2v) is 6.45. The average molecular weight is 337 g/mol. The van der Waals surface area contributed by atoms with Crippen LogP contribution in [0.4, 0.5) is 0 Å². The van der Waals surface area contributed by atoms with Crippen LogP contribution >= 0.6 is 0 Å². The number of para-hydroxylation sites is 2. The molecule has 5 nitrogen and oxygen atoms in total. The summed E-state index contributed by atoms with van der Waals surface area (Å²) in [4.78, 5) is 7.28. The van der Waals surface area contributed by atoms with Gasteiger partial charge in [-0.2, -0.15) is 0 Å². The van der Waals surface area contributed by atoms with Crippen LogP contribution in [0, 0.1) is 0 Å². The normalized spacial score (nSPS) is 15.1. The molecule has 4 rings (SSSR count). The summed E-state index contributed by atoms with van der Waals surface area (Å²) in [5.74, 6) is 1.96. The lowest BCUT2D eigenvalue weighted by Crippen LogP contribution is -2.23. The number of hydrogen-bond acceptors (Lipinski definition) is 4. The first-order valence-corrected chi connectivity index (χ1v) is 8.82. The number of aryl methyl sites for hydroxylation is 1. The first-order chi connectivity index (χ1) is 12.3. The Morgan fingerprint density at radius 2 is 1.88 bits per heavy atom. The highest BCUT2D eigenvalue weighted by atomic mass is 16.5. The minimum atomic E-state index is 0.0382. The van der Waals surface area contributed by atoms with Crippen molar-refractivity contribution in [2.24, 2.45) is 0 Å². The van der Waals surface area contributed by atoms with Gasteiger partial charge in [-0.1, -0.05) is 24.3 Å². The SMILES string of the molecule is OCCOc1ccc(CN2CCCn3c(nc4ccccc43)C2)cc1. The first kappa shape index (κ1) is 16.1. The second-order valence-electron chi connectivity index (χ2n) is 6.45. The molecule has 0 saturated heterocycles. The molecule has 2 aromatic carbocycles. The van der Waals surface area contributed by atoms with Crippen molar-refractivity contribution in [1.82, 2.24) is 14.5 Å². The van der Waals surface area contributed by atoms with Crippen LogP contribution in [-0.4, -0.2) is 39.3 Å². The molecule has 1 N–H and O–H groups in total. The summed E-state index contributed by atoms with van der Waals surface area (Å²) in [7, 11) is 0. The van der Waals surface area contributed by atoms with Gasteiger partial charge in [0, 0.05) is 19.6 Å². The number of rotatable bonds is 5. The highest BCUT2D eigenvalue weighted by Gasteiger charge is 2.18. The fourth-order valence-corrected chi connectivity index (χ4v) is 3.47. The minimum absolute atomic E-state index is 0.0382. The largest absolute Gasteiger partial charge is 0.491 e. The Bertz CT molecular complexity index is 842. The van der Waals surface area contributed by atoms with Crippen LogP contribution in [0.1, 0.15) is 17.8 Å². The number of fused-ring (bicyclic) bond motifs is 3. The maximum absolute atomic E-state index is 8.82. The number of hydrogen-bond donors (Lipinski definition) is 1. The summed E-state index contributed by atoms with van der Waals surface area (Å²) in [6.07, 6.45) is 1.13. The quantitative estimate of drug-likeness (QED) is 0.778. The van der Waals surface area contributed by atoms with E-state index in [0.717, 1.165) is 49.7 Å². The van der Waals surface area contributed by atoms with Gasteiger partial charge in [0.1, 0.15) is 18.2 Å². The standard InChI is InChI=1S/C20H23N3O2/c24-12-13-25-17-8-6-16(7-9-17)14-22-10-3-11-23-19-5-2-1-4-18(19)21-20(23)15-22/h1-2,4-9,24H,3,10-15H2. The molecule has 0 amide bonds. The van der Waals surface area contributed by atoms with Crippen LogP contribution in [0.15, 0.2) is 48.5 Å². The van der Waals surface area contributed by atoms with Crippen molar-refractivity contribution in [3.05, 3.63) is 59.9 Å². The Balaban J connectivity index is 1.48. The molecule has 2 heterocycles. The monoisotopic (exact) mass is 337 g/mol. The van der Waals surface area contributed by atoms with Crippen molar-refractivity contribution in [2.75, 3.05) is 19.8 Å². The zero-order valence-electron chi connectivity index (χ0n) is 14.3. The minimum Gasteiger partial charge on any atom is -0.491 e. The van der Waals surface area contributed by atoms with E-state index in [1.807, 2.05) is 18.2 Å². The molecule has 0 spiro atoms. The predicted octanol–water partition coefficient (Wildman–Crippen LogP) is 2.81. The van der Waals surface area contributed by atoms with E-state index in [9.17, 15) is 0 Å². The molecule has 130 valence electrons. The summed E-state index contributed by atoms with van der Waals surface area (Å²) in [5, 5.41) is 8.82. The van der Waals surface area contributed by atoms with Gasteiger partial charge >= 0.3 is 0 Å². The smallest absolute Gasteiger partial charge is 0.124 e. The van der Waals surface area contributed by atoms with Crippen LogP contribution in [-0.2, 0) is 19.6 Å². The van der Waals surface area contributed by atoms with E-state index < -0.39 is 0 Å². The topological polar surface area (TPSA) is 50.5 Å². The van der Waals surface area contributed by atoms with Gasteiger partial charge in [-0.3, -0.25) is 4.90 Å². The van der Waals surface area contributed by atoms with Crippen molar-refractivity contribution in [3.63, 3.8) is 0 Å². The van der Waals surface area contributed by atoms with Gasteiger partial charge in [0.15, 0.2) is 0 Å². The van der Waals surface area contributed by atoms with Crippen molar-refractivity contribution in [3.8, 4) is 5.75 Å². The summed E-state index contributed by atoms with van der Waals surface area (Å²) < 4.78 is 7.79. The number of aromatic nitrogens is 2. The Hall–Kier alpha value is -2.37. The summed E-state index contributed by atoms with van der Waals surface area (Å²) in [6.45, 7) is 4.25. The number of benzene rings is 2. The highest BCUT2D eigenvalue weighted by molar-refractivity contribution is 5.75. The maximum Gasteiger partial charge on any atom is 0.124 e. The lowest BCUT2D eigenvalue weighted by molar-refractivity contribution is 0.201. The van der Waals surface area contributed by atoms with Gasteiger partial charge in [0.05, 0.1) is 24.2 Å². The molecule has 0 aliphatic carbocycles. The molecule has 0 unspecified atom stereocenters. The fourth-order valence-electron chi connectivity index (χ4n) is 3.47. The Morgan fingerprint density at radius 3 is 2.72 bits per heavy atom. The second kappa shape index (κ2) is 7.25. The number of aliphatic hydroxyl groups excluding tert-OH is 1. The number of nitrogens with zero attached hydrogens (tertiary/aromatic N) is 3. The molecule has 3 aromatic rings. The molecule has 0 fully saturated rings. The van der Waals surface area contributed by atoms with E-state index in [2.05, 4.69) is 39.8 Å². The molecule has 1 aliphatic rings. The average Bonchev–Trinajstić information content (AvgIpc) is 2.86. The van der Waals surface area contributed by atoms with E-state index in [0.29, 0.717) is 6.61 Å². The predicted molar refractivity (Wildman–Crippen MR) is 97.5 cm³/mol. The fraction of sp³-hybridized carbons (Fsp3) is 0.350. The van der Waals surface area contributed by atoms with Gasteiger partial charge < -0.3 is 14.4 Å². The Labute approximate surface area is 147 Å². The van der Waals surface area contributed by atoms with E-state index in [1.54, 1.807) is 0 Å². The van der Waals surface area contributed by atoms with Crippen LogP contribution in [0.3, 0.4) is 0 Å². The zero-order valence-corrected chi connectivity index (χ0v) is 14.3. The van der Waals surface area contributed by atoms with Gasteiger partial charge in [-0.15, -0.1) is 0 Å². The Kier molecular flexibility index (Phi) is 4.68. The van der Waals surface area contributed by atoms with Crippen molar-refractivity contribution in [2.45, 2.75) is 26.1 Å². The Morgan fingerprint density at radius 1 is 1.04 bits per heavy atom. The molecule has 0 atom stereocenters. The third-order valence-corrected chi connectivity index (χ3v) is 4.64. The van der Waals surface area contributed by atoms with Crippen LogP contribution < -0.4 is 4.74 Å². The van der Waals surface area contributed by atoms with Gasteiger partial charge in [-0.05, 0) is 36.2 Å². The number of imidazole rings is 1. The number of ether oxygens (including phenoxy) is 1. The molecule has 0 bridgehead atoms. The summed E-state index contributed by atoms with van der Waals surface area (Å²) in [6, 6.07) is 16.5. The van der Waals surface area contributed by atoms with E-state index in [-0.39, 0.29) is 6.61 Å². The maximum atomic E-state index is 8.82. The summed E-state index contributed by atoms with van der Waals surface area (Å²) >= 11 is 0. The van der Waals surface area contributed by atoms with Crippen molar-refractivity contribution < 1.29 is 9.84 Å². The molecule has 0 saturated carbocycles. The molecule has 25 heavy (non-hydrogen) atoms.